The molecule has 4 rings (SSSR count). The molecule has 1 saturated heterocycles. The quantitative estimate of drug-likeness (QED) is 0.696. The average Bonchev–Trinajstić information content (AvgIpc) is 3.28. The summed E-state index contributed by atoms with van der Waals surface area (Å²) in [4.78, 5) is 27.5. The first-order valence-electron chi connectivity index (χ1n) is 9.05. The molecule has 27 heavy (non-hydrogen) atoms. The number of imidazole rings is 1. The monoisotopic (exact) mass is 363 g/mol. The summed E-state index contributed by atoms with van der Waals surface area (Å²) in [7, 11) is 0. The first kappa shape index (κ1) is 17.2. The van der Waals surface area contributed by atoms with Crippen LogP contribution in [-0.2, 0) is 4.79 Å². The molecule has 138 valence electrons. The van der Waals surface area contributed by atoms with E-state index in [0.717, 1.165) is 30.9 Å². The minimum Gasteiger partial charge on any atom is -0.484 e. The van der Waals surface area contributed by atoms with Crippen LogP contribution in [0.4, 0.5) is 0 Å². The van der Waals surface area contributed by atoms with Crippen molar-refractivity contribution in [3.63, 3.8) is 0 Å². The molecule has 3 heterocycles. The van der Waals surface area contributed by atoms with Crippen LogP contribution in [0.2, 0.25) is 0 Å². The maximum Gasteiger partial charge on any atom is 0.260 e. The number of rotatable bonds is 5. The Morgan fingerprint density at radius 1 is 1.19 bits per heavy atom. The third-order valence-corrected chi connectivity index (χ3v) is 4.71. The molecule has 7 nitrogen and oxygen atoms in total. The van der Waals surface area contributed by atoms with Gasteiger partial charge in [0.15, 0.2) is 12.4 Å². The van der Waals surface area contributed by atoms with Crippen LogP contribution in [0, 0.1) is 0 Å². The lowest BCUT2D eigenvalue weighted by Crippen LogP contribution is -2.41. The number of carbonyl (C=O) groups excluding carboxylic acids is 1. The summed E-state index contributed by atoms with van der Waals surface area (Å²) in [5, 5.41) is 0. The fourth-order valence-electron chi connectivity index (χ4n) is 3.28. The highest BCUT2D eigenvalue weighted by molar-refractivity contribution is 5.78. The van der Waals surface area contributed by atoms with Crippen LogP contribution in [0.5, 0.6) is 5.75 Å². The lowest BCUT2D eigenvalue weighted by Gasteiger charge is -2.32. The predicted molar refractivity (Wildman–Crippen MR) is 99.6 cm³/mol. The summed E-state index contributed by atoms with van der Waals surface area (Å²) < 4.78 is 7.43. The molecule has 0 saturated carbocycles. The van der Waals surface area contributed by atoms with Crippen molar-refractivity contribution in [3.05, 3.63) is 67.1 Å². The van der Waals surface area contributed by atoms with Gasteiger partial charge in [0.05, 0.1) is 11.9 Å². The fourth-order valence-corrected chi connectivity index (χ4v) is 3.28. The summed E-state index contributed by atoms with van der Waals surface area (Å²) >= 11 is 0. The van der Waals surface area contributed by atoms with Gasteiger partial charge < -0.3 is 9.64 Å². The molecule has 1 aromatic carbocycles. The second-order valence-corrected chi connectivity index (χ2v) is 6.55. The number of likely N-dealkylation sites (tertiary alicyclic amines) is 1. The van der Waals surface area contributed by atoms with Crippen LogP contribution in [0.25, 0.3) is 5.82 Å². The van der Waals surface area contributed by atoms with Gasteiger partial charge in [-0.3, -0.25) is 14.3 Å². The van der Waals surface area contributed by atoms with Crippen LogP contribution in [-0.4, -0.2) is 50.0 Å². The Hall–Kier alpha value is -3.22. The van der Waals surface area contributed by atoms with E-state index in [1.165, 1.54) is 0 Å². The number of hydrogen-bond acceptors (Lipinski definition) is 5. The molecule has 0 bridgehead atoms. The Kier molecular flexibility index (Phi) is 5.09. The number of nitrogens with zero attached hydrogens (tertiary/aromatic N) is 5. The predicted octanol–water partition coefficient (Wildman–Crippen LogP) is 2.45. The minimum absolute atomic E-state index is 0.00211. The molecular formula is C20H21N5O2. The van der Waals surface area contributed by atoms with Gasteiger partial charge in [0.1, 0.15) is 12.1 Å². The van der Waals surface area contributed by atoms with E-state index in [-0.39, 0.29) is 18.4 Å². The molecule has 1 aliphatic heterocycles. The van der Waals surface area contributed by atoms with Gasteiger partial charge in [-0.2, -0.15) is 0 Å². The van der Waals surface area contributed by atoms with E-state index in [1.807, 2.05) is 46.0 Å². The molecule has 1 amide bonds. The van der Waals surface area contributed by atoms with Crippen molar-refractivity contribution in [3.8, 4) is 11.6 Å². The molecule has 1 aliphatic rings. The SMILES string of the molecule is O=C(COc1ccccc1)N1CCCC(c2cncc(-n3ccnc3)n2)C1. The van der Waals surface area contributed by atoms with Crippen molar-refractivity contribution in [2.45, 2.75) is 18.8 Å². The molecule has 2 aromatic heterocycles. The van der Waals surface area contributed by atoms with Gasteiger partial charge in [-0.25, -0.2) is 9.97 Å². The standard InChI is InChI=1S/C20H21N5O2/c26-20(14-27-17-6-2-1-3-7-17)24-9-4-5-16(13-24)18-11-22-12-19(23-18)25-10-8-21-15-25/h1-3,6-8,10-12,15-16H,4-5,9,13-14H2. The van der Waals surface area contributed by atoms with Crippen LogP contribution in [0.1, 0.15) is 24.5 Å². The van der Waals surface area contributed by atoms with Gasteiger partial charge in [-0.1, -0.05) is 18.2 Å². The Balaban J connectivity index is 1.40. The zero-order chi connectivity index (χ0) is 18.5. The summed E-state index contributed by atoms with van der Waals surface area (Å²) in [5.41, 5.74) is 0.905. The number of benzene rings is 1. The van der Waals surface area contributed by atoms with E-state index in [2.05, 4.69) is 9.97 Å². The lowest BCUT2D eigenvalue weighted by atomic mass is 9.95. The second kappa shape index (κ2) is 7.99. The van der Waals surface area contributed by atoms with Crippen LogP contribution < -0.4 is 4.74 Å². The first-order chi connectivity index (χ1) is 13.3. The van der Waals surface area contributed by atoms with Gasteiger partial charge in [0.25, 0.3) is 5.91 Å². The number of piperidine rings is 1. The maximum absolute atomic E-state index is 12.6. The van der Waals surface area contributed by atoms with Crippen LogP contribution >= 0.6 is 0 Å². The molecule has 0 radical (unpaired) electrons. The van der Waals surface area contributed by atoms with Gasteiger partial charge in [-0.05, 0) is 25.0 Å². The molecule has 3 aromatic rings. The van der Waals surface area contributed by atoms with Crippen molar-refractivity contribution >= 4 is 5.91 Å². The highest BCUT2D eigenvalue weighted by Crippen LogP contribution is 2.26. The molecule has 0 N–H and O–H groups in total. The highest BCUT2D eigenvalue weighted by Gasteiger charge is 2.26. The van der Waals surface area contributed by atoms with Gasteiger partial charge >= 0.3 is 0 Å². The normalized spacial score (nSPS) is 16.9. The first-order valence-corrected chi connectivity index (χ1v) is 9.05. The third kappa shape index (κ3) is 4.13. The van der Waals surface area contributed by atoms with E-state index in [9.17, 15) is 4.79 Å². The van der Waals surface area contributed by atoms with Crippen molar-refractivity contribution in [2.24, 2.45) is 0 Å². The number of aromatic nitrogens is 4. The molecule has 0 aliphatic carbocycles. The van der Waals surface area contributed by atoms with Gasteiger partial charge in [-0.15, -0.1) is 0 Å². The Bertz CT molecular complexity index is 882. The average molecular weight is 363 g/mol. The maximum atomic E-state index is 12.6. The topological polar surface area (TPSA) is 73.1 Å². The van der Waals surface area contributed by atoms with E-state index in [4.69, 9.17) is 9.72 Å². The Morgan fingerprint density at radius 3 is 2.89 bits per heavy atom. The number of ether oxygens (including phenoxy) is 1. The summed E-state index contributed by atoms with van der Waals surface area (Å²) in [6, 6.07) is 9.40. The Labute approximate surface area is 157 Å². The number of carbonyl (C=O) groups is 1. The zero-order valence-electron chi connectivity index (χ0n) is 14.9. The molecular weight excluding hydrogens is 342 g/mol. The lowest BCUT2D eigenvalue weighted by molar-refractivity contribution is -0.134. The second-order valence-electron chi connectivity index (χ2n) is 6.55. The van der Waals surface area contributed by atoms with E-state index in [0.29, 0.717) is 12.3 Å². The smallest absolute Gasteiger partial charge is 0.260 e. The third-order valence-electron chi connectivity index (χ3n) is 4.71. The van der Waals surface area contributed by atoms with Crippen LogP contribution in [0.3, 0.4) is 0 Å². The summed E-state index contributed by atoms with van der Waals surface area (Å²) in [5.74, 6) is 1.62. The number of hydrogen-bond donors (Lipinski definition) is 0. The number of para-hydroxylation sites is 1. The van der Waals surface area contributed by atoms with Gasteiger partial charge in [0, 0.05) is 37.6 Å². The molecule has 7 heteroatoms. The highest BCUT2D eigenvalue weighted by atomic mass is 16.5. The van der Waals surface area contributed by atoms with Crippen LogP contribution in [0.15, 0.2) is 61.4 Å². The van der Waals surface area contributed by atoms with Crippen molar-refractivity contribution in [1.82, 2.24) is 24.4 Å². The zero-order valence-corrected chi connectivity index (χ0v) is 14.9. The summed E-state index contributed by atoms with van der Waals surface area (Å²) in [6.07, 6.45) is 10.7. The van der Waals surface area contributed by atoms with Crippen molar-refractivity contribution in [2.75, 3.05) is 19.7 Å². The largest absolute Gasteiger partial charge is 0.484 e. The van der Waals surface area contributed by atoms with E-state index < -0.39 is 0 Å². The summed E-state index contributed by atoms with van der Waals surface area (Å²) in [6.45, 7) is 1.44. The minimum atomic E-state index is 0.00211. The molecule has 1 fully saturated rings. The van der Waals surface area contributed by atoms with Crippen molar-refractivity contribution in [1.29, 1.82) is 0 Å². The van der Waals surface area contributed by atoms with Crippen molar-refractivity contribution < 1.29 is 9.53 Å². The molecule has 1 unspecified atom stereocenters. The Morgan fingerprint density at radius 2 is 2.07 bits per heavy atom. The fraction of sp³-hybridized carbons (Fsp3) is 0.300. The van der Waals surface area contributed by atoms with Gasteiger partial charge in [0.2, 0.25) is 0 Å². The van der Waals surface area contributed by atoms with E-state index in [1.54, 1.807) is 24.9 Å². The van der Waals surface area contributed by atoms with E-state index >= 15 is 0 Å². The molecule has 1 atom stereocenters. The molecule has 0 spiro atoms. The number of amides is 1.